The van der Waals surface area contributed by atoms with Crippen molar-refractivity contribution >= 4 is 32.9 Å². The van der Waals surface area contributed by atoms with E-state index in [0.29, 0.717) is 11.3 Å². The zero-order valence-corrected chi connectivity index (χ0v) is 18.6. The van der Waals surface area contributed by atoms with E-state index in [4.69, 9.17) is 14.2 Å². The second-order valence-electron chi connectivity index (χ2n) is 7.40. The molecule has 0 aromatic heterocycles. The lowest BCUT2D eigenvalue weighted by Crippen LogP contribution is -2.39. The second-order valence-corrected chi connectivity index (χ2v) is 9.42. The van der Waals surface area contributed by atoms with Gasteiger partial charge in [0.15, 0.2) is 15.3 Å². The molecule has 8 heteroatoms. The van der Waals surface area contributed by atoms with Crippen LogP contribution in [-0.2, 0) is 28.9 Å². The van der Waals surface area contributed by atoms with Crippen LogP contribution >= 0.6 is 0 Å². The van der Waals surface area contributed by atoms with Crippen molar-refractivity contribution in [3.8, 4) is 5.75 Å². The van der Waals surface area contributed by atoms with Crippen LogP contribution in [0.4, 0.5) is 0 Å². The SMILES string of the molecule is COC(=O)C1(C(=O)OC)CC(c2ccc(OC)cc2)=C(c2ccc(S(C)(=O)=O)cc2)C1. The third-order valence-electron chi connectivity index (χ3n) is 5.54. The van der Waals surface area contributed by atoms with Gasteiger partial charge in [0.1, 0.15) is 5.75 Å². The van der Waals surface area contributed by atoms with Crippen LogP contribution < -0.4 is 4.74 Å². The molecule has 164 valence electrons. The van der Waals surface area contributed by atoms with Gasteiger partial charge < -0.3 is 14.2 Å². The second kappa shape index (κ2) is 8.55. The van der Waals surface area contributed by atoms with Gasteiger partial charge in [-0.1, -0.05) is 24.3 Å². The molecule has 0 unspecified atom stereocenters. The summed E-state index contributed by atoms with van der Waals surface area (Å²) in [5, 5.41) is 0. The molecule has 0 atom stereocenters. The summed E-state index contributed by atoms with van der Waals surface area (Å²) in [6.07, 6.45) is 1.31. The van der Waals surface area contributed by atoms with Crippen molar-refractivity contribution < 1.29 is 32.2 Å². The predicted octanol–water partition coefficient (Wildman–Crippen LogP) is 3.14. The Balaban J connectivity index is 2.16. The smallest absolute Gasteiger partial charge is 0.323 e. The number of esters is 2. The number of carbonyl (C=O) groups is 2. The van der Waals surface area contributed by atoms with Gasteiger partial charge in [0.2, 0.25) is 0 Å². The van der Waals surface area contributed by atoms with Crippen LogP contribution in [0.15, 0.2) is 53.4 Å². The molecule has 0 saturated heterocycles. The minimum atomic E-state index is -3.35. The van der Waals surface area contributed by atoms with E-state index in [2.05, 4.69) is 0 Å². The number of carbonyl (C=O) groups excluding carboxylic acids is 2. The van der Waals surface area contributed by atoms with Gasteiger partial charge in [0.25, 0.3) is 0 Å². The number of hydrogen-bond donors (Lipinski definition) is 0. The highest BCUT2D eigenvalue weighted by molar-refractivity contribution is 7.90. The predicted molar refractivity (Wildman–Crippen MR) is 115 cm³/mol. The third-order valence-corrected chi connectivity index (χ3v) is 6.67. The number of benzene rings is 2. The quantitative estimate of drug-likeness (QED) is 0.499. The molecule has 0 saturated carbocycles. The van der Waals surface area contributed by atoms with Crippen LogP contribution in [0.1, 0.15) is 24.0 Å². The van der Waals surface area contributed by atoms with Crippen LogP contribution in [0.5, 0.6) is 5.75 Å². The highest BCUT2D eigenvalue weighted by atomic mass is 32.2. The van der Waals surface area contributed by atoms with Gasteiger partial charge in [-0.2, -0.15) is 0 Å². The molecule has 2 aromatic rings. The Morgan fingerprint density at radius 2 is 1.19 bits per heavy atom. The van der Waals surface area contributed by atoms with E-state index < -0.39 is 27.2 Å². The molecule has 3 rings (SSSR count). The molecular formula is C23H24O7S. The summed E-state index contributed by atoms with van der Waals surface area (Å²) < 4.78 is 38.8. The van der Waals surface area contributed by atoms with E-state index in [1.54, 1.807) is 31.4 Å². The van der Waals surface area contributed by atoms with E-state index in [9.17, 15) is 18.0 Å². The van der Waals surface area contributed by atoms with Gasteiger partial charge in [0.05, 0.1) is 26.2 Å². The average molecular weight is 445 g/mol. The maximum atomic E-state index is 12.7. The molecule has 0 spiro atoms. The van der Waals surface area contributed by atoms with Crippen molar-refractivity contribution in [3.63, 3.8) is 0 Å². The summed E-state index contributed by atoms with van der Waals surface area (Å²) in [6, 6.07) is 13.7. The molecule has 0 heterocycles. The Bertz CT molecular complexity index is 1110. The van der Waals surface area contributed by atoms with E-state index in [1.807, 2.05) is 12.1 Å². The molecular weight excluding hydrogens is 420 g/mol. The van der Waals surface area contributed by atoms with Crippen LogP contribution in [0.3, 0.4) is 0 Å². The lowest BCUT2D eigenvalue weighted by Gasteiger charge is -2.23. The van der Waals surface area contributed by atoms with Crippen molar-refractivity contribution in [2.24, 2.45) is 5.41 Å². The zero-order valence-electron chi connectivity index (χ0n) is 17.8. The molecule has 0 amide bonds. The minimum absolute atomic E-state index is 0.0753. The first kappa shape index (κ1) is 22.6. The van der Waals surface area contributed by atoms with Gasteiger partial charge in [-0.15, -0.1) is 0 Å². The summed E-state index contributed by atoms with van der Waals surface area (Å²) in [6.45, 7) is 0. The Labute approximate surface area is 181 Å². The number of ether oxygens (including phenoxy) is 3. The Kier molecular flexibility index (Phi) is 6.22. The molecule has 0 bridgehead atoms. The minimum Gasteiger partial charge on any atom is -0.497 e. The number of methoxy groups -OCH3 is 3. The molecule has 0 aliphatic heterocycles. The van der Waals surface area contributed by atoms with Crippen LogP contribution in [0.2, 0.25) is 0 Å². The van der Waals surface area contributed by atoms with Crippen LogP contribution in [0, 0.1) is 5.41 Å². The highest BCUT2D eigenvalue weighted by Gasteiger charge is 2.53. The molecule has 31 heavy (non-hydrogen) atoms. The van der Waals surface area contributed by atoms with Gasteiger partial charge >= 0.3 is 11.9 Å². The fourth-order valence-electron chi connectivity index (χ4n) is 3.89. The molecule has 2 aromatic carbocycles. The number of sulfone groups is 1. The fourth-order valence-corrected chi connectivity index (χ4v) is 4.52. The van der Waals surface area contributed by atoms with Crippen LogP contribution in [0.25, 0.3) is 11.1 Å². The zero-order chi connectivity index (χ0) is 22.8. The van der Waals surface area contributed by atoms with Crippen molar-refractivity contribution in [2.75, 3.05) is 27.6 Å². The monoisotopic (exact) mass is 444 g/mol. The summed E-state index contributed by atoms with van der Waals surface area (Å²) in [5.74, 6) is -0.671. The van der Waals surface area contributed by atoms with Crippen LogP contribution in [-0.4, -0.2) is 47.9 Å². The van der Waals surface area contributed by atoms with E-state index in [1.165, 1.54) is 26.4 Å². The van der Waals surface area contributed by atoms with Crippen molar-refractivity contribution in [2.45, 2.75) is 17.7 Å². The Morgan fingerprint density at radius 3 is 1.55 bits per heavy atom. The third kappa shape index (κ3) is 4.20. The number of rotatable bonds is 6. The van der Waals surface area contributed by atoms with Gasteiger partial charge in [-0.25, -0.2) is 8.42 Å². The first-order valence-corrected chi connectivity index (χ1v) is 11.4. The standard InChI is InChI=1S/C23H24O7S/c1-28-17-9-5-15(6-10-17)19-13-23(21(24)29-2,22(25)30-3)14-20(19)16-7-11-18(12-8-16)31(4,26)27/h5-12H,13-14H2,1-4H3. The van der Waals surface area contributed by atoms with E-state index >= 15 is 0 Å². The number of allylic oxidation sites excluding steroid dienone is 2. The van der Waals surface area contributed by atoms with E-state index in [-0.39, 0.29) is 17.7 Å². The maximum Gasteiger partial charge on any atom is 0.323 e. The van der Waals surface area contributed by atoms with Gasteiger partial charge in [0, 0.05) is 19.1 Å². The summed E-state index contributed by atoms with van der Waals surface area (Å²) >= 11 is 0. The molecule has 1 aliphatic carbocycles. The highest BCUT2D eigenvalue weighted by Crippen LogP contribution is 2.51. The van der Waals surface area contributed by atoms with Gasteiger partial charge in [-0.05, 0) is 46.5 Å². The normalized spacial score (nSPS) is 15.5. The summed E-state index contributed by atoms with van der Waals surface area (Å²) in [4.78, 5) is 25.6. The topological polar surface area (TPSA) is 96.0 Å². The maximum absolute atomic E-state index is 12.7. The Hall–Kier alpha value is -3.13. The molecule has 0 fully saturated rings. The molecule has 7 nitrogen and oxygen atoms in total. The lowest BCUT2D eigenvalue weighted by molar-refractivity contribution is -0.167. The summed E-state index contributed by atoms with van der Waals surface area (Å²) in [5.41, 5.74) is 1.56. The van der Waals surface area contributed by atoms with Crippen molar-refractivity contribution in [1.82, 2.24) is 0 Å². The molecule has 1 aliphatic rings. The van der Waals surface area contributed by atoms with Crippen molar-refractivity contribution in [3.05, 3.63) is 59.7 Å². The fraction of sp³-hybridized carbons (Fsp3) is 0.304. The van der Waals surface area contributed by atoms with E-state index in [0.717, 1.165) is 23.0 Å². The lowest BCUT2D eigenvalue weighted by atomic mass is 9.82. The van der Waals surface area contributed by atoms with Gasteiger partial charge in [-0.3, -0.25) is 9.59 Å². The average Bonchev–Trinajstić information content (AvgIpc) is 3.19. The molecule has 0 N–H and O–H groups in total. The summed E-state index contributed by atoms with van der Waals surface area (Å²) in [7, 11) is 0.685. The molecule has 0 radical (unpaired) electrons. The first-order chi connectivity index (χ1) is 14.7. The largest absolute Gasteiger partial charge is 0.497 e. The first-order valence-electron chi connectivity index (χ1n) is 9.50. The van der Waals surface area contributed by atoms with Crippen molar-refractivity contribution in [1.29, 1.82) is 0 Å². The Morgan fingerprint density at radius 1 is 0.774 bits per heavy atom. The number of hydrogen-bond acceptors (Lipinski definition) is 7.